The Morgan fingerprint density at radius 1 is 1.40 bits per heavy atom. The van der Waals surface area contributed by atoms with E-state index < -0.39 is 0 Å². The third-order valence-electron chi connectivity index (χ3n) is 3.12. The van der Waals surface area contributed by atoms with Crippen molar-refractivity contribution in [3.63, 3.8) is 0 Å². The second kappa shape index (κ2) is 5.18. The first-order valence-corrected chi connectivity index (χ1v) is 7.78. The Bertz CT molecular complexity index is 778. The average molecular weight is 354 g/mol. The van der Waals surface area contributed by atoms with Gasteiger partial charge in [0.15, 0.2) is 4.96 Å². The van der Waals surface area contributed by atoms with Gasteiger partial charge in [-0.05, 0) is 48.0 Å². The number of anilines is 1. The van der Waals surface area contributed by atoms with Gasteiger partial charge in [0.2, 0.25) is 0 Å². The summed E-state index contributed by atoms with van der Waals surface area (Å²) in [5, 5.41) is 3.24. The highest BCUT2D eigenvalue weighted by Crippen LogP contribution is 2.23. The maximum absolute atomic E-state index is 13.5. The molecule has 3 rings (SSSR count). The fourth-order valence-electron chi connectivity index (χ4n) is 2.11. The van der Waals surface area contributed by atoms with Crippen LogP contribution in [0.3, 0.4) is 0 Å². The second-order valence-electron chi connectivity index (χ2n) is 4.62. The lowest BCUT2D eigenvalue weighted by atomic mass is 10.3. The zero-order valence-corrected chi connectivity index (χ0v) is 13.5. The SMILES string of the molecule is Cc1cn2c(CNc3ccc(Br)c(F)c3)c(C)nc2s1. The molecule has 0 spiro atoms. The molecule has 0 unspecified atom stereocenters. The summed E-state index contributed by atoms with van der Waals surface area (Å²) in [5.41, 5.74) is 2.86. The van der Waals surface area contributed by atoms with Gasteiger partial charge in [-0.2, -0.15) is 0 Å². The van der Waals surface area contributed by atoms with E-state index in [-0.39, 0.29) is 5.82 Å². The number of halogens is 2. The molecule has 0 fully saturated rings. The number of hydrogen-bond acceptors (Lipinski definition) is 3. The van der Waals surface area contributed by atoms with Gasteiger partial charge in [0.1, 0.15) is 5.82 Å². The molecule has 0 atom stereocenters. The molecule has 3 aromatic rings. The zero-order chi connectivity index (χ0) is 14.3. The smallest absolute Gasteiger partial charge is 0.194 e. The summed E-state index contributed by atoms with van der Waals surface area (Å²) in [7, 11) is 0. The summed E-state index contributed by atoms with van der Waals surface area (Å²) in [6.07, 6.45) is 2.08. The van der Waals surface area contributed by atoms with E-state index in [1.54, 1.807) is 17.4 Å². The summed E-state index contributed by atoms with van der Waals surface area (Å²) in [6, 6.07) is 5.03. The average Bonchev–Trinajstić information content (AvgIpc) is 2.87. The standard InChI is InChI=1S/C14H13BrFN3S/c1-8-7-19-13(9(2)18-14(19)20-8)6-17-10-3-4-11(15)12(16)5-10/h3-5,7,17H,6H2,1-2H3. The Labute approximate surface area is 128 Å². The number of aromatic nitrogens is 2. The first-order valence-electron chi connectivity index (χ1n) is 6.17. The first-order chi connectivity index (χ1) is 9.54. The van der Waals surface area contributed by atoms with E-state index in [0.29, 0.717) is 11.0 Å². The molecule has 0 amide bonds. The normalized spacial score (nSPS) is 11.2. The lowest BCUT2D eigenvalue weighted by Gasteiger charge is -2.07. The van der Waals surface area contributed by atoms with Crippen LogP contribution in [0, 0.1) is 19.7 Å². The van der Waals surface area contributed by atoms with Crippen molar-refractivity contribution in [1.82, 2.24) is 9.38 Å². The van der Waals surface area contributed by atoms with E-state index in [9.17, 15) is 4.39 Å². The van der Waals surface area contributed by atoms with Crippen molar-refractivity contribution in [2.24, 2.45) is 0 Å². The van der Waals surface area contributed by atoms with E-state index in [0.717, 1.165) is 22.0 Å². The molecular formula is C14H13BrFN3S. The van der Waals surface area contributed by atoms with Crippen molar-refractivity contribution < 1.29 is 4.39 Å². The Balaban J connectivity index is 1.85. The van der Waals surface area contributed by atoms with Gasteiger partial charge in [-0.3, -0.25) is 4.40 Å². The lowest BCUT2D eigenvalue weighted by Crippen LogP contribution is -2.03. The molecule has 3 nitrogen and oxygen atoms in total. The predicted octanol–water partition coefficient (Wildman–Crippen LogP) is 4.53. The maximum Gasteiger partial charge on any atom is 0.194 e. The molecule has 0 saturated heterocycles. The van der Waals surface area contributed by atoms with Gasteiger partial charge in [-0.25, -0.2) is 9.37 Å². The number of imidazole rings is 1. The molecular weight excluding hydrogens is 341 g/mol. The number of fused-ring (bicyclic) bond motifs is 1. The number of rotatable bonds is 3. The van der Waals surface area contributed by atoms with Crippen molar-refractivity contribution in [3.05, 3.63) is 51.0 Å². The Morgan fingerprint density at radius 2 is 2.20 bits per heavy atom. The van der Waals surface area contributed by atoms with Gasteiger partial charge in [-0.1, -0.05) is 0 Å². The summed E-state index contributed by atoms with van der Waals surface area (Å²) in [5.74, 6) is -0.267. The lowest BCUT2D eigenvalue weighted by molar-refractivity contribution is 0.621. The van der Waals surface area contributed by atoms with Crippen molar-refractivity contribution in [3.8, 4) is 0 Å². The van der Waals surface area contributed by atoms with Crippen LogP contribution in [0.15, 0.2) is 28.9 Å². The number of nitrogens with zero attached hydrogens (tertiary/aromatic N) is 2. The van der Waals surface area contributed by atoms with Gasteiger partial charge in [0.25, 0.3) is 0 Å². The van der Waals surface area contributed by atoms with Gasteiger partial charge >= 0.3 is 0 Å². The molecule has 0 bridgehead atoms. The van der Waals surface area contributed by atoms with Gasteiger partial charge in [0, 0.05) is 16.8 Å². The number of benzene rings is 1. The first kappa shape index (κ1) is 13.6. The summed E-state index contributed by atoms with van der Waals surface area (Å²) in [4.78, 5) is 6.76. The fraction of sp³-hybridized carbons (Fsp3) is 0.214. The molecule has 2 heterocycles. The van der Waals surface area contributed by atoms with Crippen LogP contribution >= 0.6 is 27.3 Å². The van der Waals surface area contributed by atoms with Crippen LogP contribution < -0.4 is 5.32 Å². The Morgan fingerprint density at radius 3 is 2.95 bits per heavy atom. The fourth-order valence-corrected chi connectivity index (χ4v) is 3.25. The predicted molar refractivity (Wildman–Crippen MR) is 84.0 cm³/mol. The van der Waals surface area contributed by atoms with Crippen LogP contribution in [0.5, 0.6) is 0 Å². The quantitative estimate of drug-likeness (QED) is 0.749. The Kier molecular flexibility index (Phi) is 3.52. The number of hydrogen-bond donors (Lipinski definition) is 1. The number of thiazole rings is 1. The molecule has 20 heavy (non-hydrogen) atoms. The van der Waals surface area contributed by atoms with Crippen molar-refractivity contribution >= 4 is 37.9 Å². The van der Waals surface area contributed by atoms with E-state index in [1.807, 2.05) is 13.0 Å². The number of aryl methyl sites for hydroxylation is 2. The van der Waals surface area contributed by atoms with Crippen LogP contribution in [-0.2, 0) is 6.54 Å². The molecule has 6 heteroatoms. The van der Waals surface area contributed by atoms with E-state index in [1.165, 1.54) is 10.9 Å². The zero-order valence-electron chi connectivity index (χ0n) is 11.1. The highest BCUT2D eigenvalue weighted by molar-refractivity contribution is 9.10. The third-order valence-corrected chi connectivity index (χ3v) is 4.66. The number of nitrogens with one attached hydrogen (secondary N) is 1. The van der Waals surface area contributed by atoms with Crippen LogP contribution in [-0.4, -0.2) is 9.38 Å². The highest BCUT2D eigenvalue weighted by atomic mass is 79.9. The Hall–Kier alpha value is -1.40. The van der Waals surface area contributed by atoms with Crippen LogP contribution in [0.25, 0.3) is 4.96 Å². The van der Waals surface area contributed by atoms with Crippen LogP contribution in [0.4, 0.5) is 10.1 Å². The van der Waals surface area contributed by atoms with E-state index in [4.69, 9.17) is 0 Å². The molecule has 0 aliphatic carbocycles. The molecule has 0 aliphatic rings. The molecule has 1 aromatic carbocycles. The van der Waals surface area contributed by atoms with E-state index >= 15 is 0 Å². The summed E-state index contributed by atoms with van der Waals surface area (Å²) < 4.78 is 16.0. The van der Waals surface area contributed by atoms with Crippen molar-refractivity contribution in [2.45, 2.75) is 20.4 Å². The molecule has 0 saturated carbocycles. The molecule has 104 valence electrons. The molecule has 0 aliphatic heterocycles. The monoisotopic (exact) mass is 353 g/mol. The third kappa shape index (κ3) is 2.45. The molecule has 2 aromatic heterocycles. The van der Waals surface area contributed by atoms with Crippen LogP contribution in [0.1, 0.15) is 16.3 Å². The minimum atomic E-state index is -0.267. The molecule has 1 N–H and O–H groups in total. The largest absolute Gasteiger partial charge is 0.379 e. The van der Waals surface area contributed by atoms with Gasteiger partial charge < -0.3 is 5.32 Å². The minimum absolute atomic E-state index is 0.267. The summed E-state index contributed by atoms with van der Waals surface area (Å²) >= 11 is 4.82. The summed E-state index contributed by atoms with van der Waals surface area (Å²) in [6.45, 7) is 4.68. The minimum Gasteiger partial charge on any atom is -0.379 e. The highest BCUT2D eigenvalue weighted by Gasteiger charge is 2.11. The van der Waals surface area contributed by atoms with Gasteiger partial charge in [-0.15, -0.1) is 11.3 Å². The topological polar surface area (TPSA) is 29.3 Å². The maximum atomic E-state index is 13.5. The van der Waals surface area contributed by atoms with Crippen molar-refractivity contribution in [1.29, 1.82) is 0 Å². The van der Waals surface area contributed by atoms with Crippen LogP contribution in [0.2, 0.25) is 0 Å². The van der Waals surface area contributed by atoms with E-state index in [2.05, 4.69) is 43.8 Å². The van der Waals surface area contributed by atoms with Crippen molar-refractivity contribution in [2.75, 3.05) is 5.32 Å². The van der Waals surface area contributed by atoms with Gasteiger partial charge in [0.05, 0.1) is 22.4 Å². The molecule has 0 radical (unpaired) electrons. The second-order valence-corrected chi connectivity index (χ2v) is 6.69.